The third-order valence-corrected chi connectivity index (χ3v) is 6.37. The number of piperidine rings is 1. The molecule has 1 aromatic carbocycles. The number of urea groups is 1. The molecule has 0 bridgehead atoms. The number of amides is 2. The summed E-state index contributed by atoms with van der Waals surface area (Å²) < 4.78 is 6.94. The van der Waals surface area contributed by atoms with Crippen LogP contribution in [0.1, 0.15) is 31.4 Å². The summed E-state index contributed by atoms with van der Waals surface area (Å²) >= 11 is 6.22. The largest absolute Gasteiger partial charge is 0.386 e. The predicted octanol–water partition coefficient (Wildman–Crippen LogP) is 2.52. The number of halogens is 1. The Morgan fingerprint density at radius 3 is 2.89 bits per heavy atom. The molecule has 1 unspecified atom stereocenters. The highest BCUT2D eigenvalue weighted by molar-refractivity contribution is 6.31. The van der Waals surface area contributed by atoms with Crippen molar-refractivity contribution in [1.29, 1.82) is 0 Å². The smallest absolute Gasteiger partial charge is 0.317 e. The SMILES string of the molecule is COCCNC(=O)N1CCC(C2(C)[C@@H](O)c3cc(Cl)cc4cnn2c34)CC1. The van der Waals surface area contributed by atoms with E-state index in [1.54, 1.807) is 7.11 Å². The molecule has 2 N–H and O–H groups in total. The van der Waals surface area contributed by atoms with Crippen LogP contribution >= 0.6 is 11.6 Å². The second-order valence-corrected chi connectivity index (χ2v) is 8.04. The van der Waals surface area contributed by atoms with Crippen LogP contribution in [0, 0.1) is 5.92 Å². The van der Waals surface area contributed by atoms with E-state index in [0.29, 0.717) is 31.3 Å². The lowest BCUT2D eigenvalue weighted by Gasteiger charge is -2.42. The highest BCUT2D eigenvalue weighted by Crippen LogP contribution is 2.51. The van der Waals surface area contributed by atoms with Crippen molar-refractivity contribution < 1.29 is 14.6 Å². The van der Waals surface area contributed by atoms with E-state index in [1.165, 1.54) is 0 Å². The van der Waals surface area contributed by atoms with E-state index in [-0.39, 0.29) is 11.9 Å². The van der Waals surface area contributed by atoms with Crippen molar-refractivity contribution in [3.05, 3.63) is 28.9 Å². The molecule has 1 saturated heterocycles. The fourth-order valence-electron chi connectivity index (χ4n) is 4.60. The first-order valence-electron chi connectivity index (χ1n) is 9.34. The van der Waals surface area contributed by atoms with Gasteiger partial charge in [0.05, 0.1) is 23.9 Å². The first-order chi connectivity index (χ1) is 13.0. The molecule has 27 heavy (non-hydrogen) atoms. The molecule has 0 radical (unpaired) electrons. The molecule has 0 spiro atoms. The number of carbonyl (C=O) groups is 1. The van der Waals surface area contributed by atoms with Crippen LogP contribution in [-0.2, 0) is 10.3 Å². The van der Waals surface area contributed by atoms with Crippen LogP contribution in [0.3, 0.4) is 0 Å². The van der Waals surface area contributed by atoms with Gasteiger partial charge in [-0.05, 0) is 37.8 Å². The lowest BCUT2D eigenvalue weighted by Crippen LogP contribution is -2.50. The molecule has 2 aliphatic heterocycles. The predicted molar refractivity (Wildman–Crippen MR) is 103 cm³/mol. The molecule has 2 aliphatic rings. The number of benzene rings is 1. The number of nitrogens with zero attached hydrogens (tertiary/aromatic N) is 3. The molecule has 8 heteroatoms. The van der Waals surface area contributed by atoms with E-state index in [2.05, 4.69) is 17.3 Å². The zero-order valence-corrected chi connectivity index (χ0v) is 16.4. The van der Waals surface area contributed by atoms with E-state index in [0.717, 1.165) is 29.3 Å². The van der Waals surface area contributed by atoms with E-state index >= 15 is 0 Å². The summed E-state index contributed by atoms with van der Waals surface area (Å²) in [5.41, 5.74) is 1.28. The fourth-order valence-corrected chi connectivity index (χ4v) is 4.84. The van der Waals surface area contributed by atoms with Gasteiger partial charge in [0.1, 0.15) is 6.10 Å². The number of nitrogens with one attached hydrogen (secondary N) is 1. The number of aromatic nitrogens is 2. The Hall–Kier alpha value is -1.83. The lowest BCUT2D eigenvalue weighted by molar-refractivity contribution is -0.0117. The Morgan fingerprint density at radius 1 is 1.44 bits per heavy atom. The molecule has 0 saturated carbocycles. The van der Waals surface area contributed by atoms with Crippen LogP contribution in [0.5, 0.6) is 0 Å². The minimum Gasteiger partial charge on any atom is -0.386 e. The fraction of sp³-hybridized carbons (Fsp3) is 0.579. The minimum absolute atomic E-state index is 0.0563. The van der Waals surface area contributed by atoms with Gasteiger partial charge < -0.3 is 20.1 Å². The van der Waals surface area contributed by atoms with Gasteiger partial charge in [0.25, 0.3) is 0 Å². The molecule has 7 nitrogen and oxygen atoms in total. The summed E-state index contributed by atoms with van der Waals surface area (Å²) in [4.78, 5) is 14.1. The second-order valence-electron chi connectivity index (χ2n) is 7.60. The number of likely N-dealkylation sites (tertiary alicyclic amines) is 1. The molecular formula is C19H25ClN4O3. The standard InChI is InChI=1S/C19H25ClN4O3/c1-19(13-3-6-23(7-4-13)18(26)21-5-8-27-2)17(25)15-10-14(20)9-12-11-22-24(19)16(12)15/h9-11,13,17,25H,3-8H2,1-2H3,(H,21,26)/t17-,19?/m0/s1. The van der Waals surface area contributed by atoms with Crippen LogP contribution in [0.15, 0.2) is 18.3 Å². The molecular weight excluding hydrogens is 368 g/mol. The minimum atomic E-state index is -0.658. The van der Waals surface area contributed by atoms with Crippen molar-refractivity contribution in [3.8, 4) is 0 Å². The molecule has 2 atom stereocenters. The number of carbonyl (C=O) groups excluding carboxylic acids is 1. The molecule has 4 rings (SSSR count). The van der Waals surface area contributed by atoms with Crippen molar-refractivity contribution in [2.75, 3.05) is 33.4 Å². The number of aliphatic hydroxyl groups is 1. The Bertz CT molecular complexity index is 862. The quantitative estimate of drug-likeness (QED) is 0.783. The average molecular weight is 393 g/mol. The monoisotopic (exact) mass is 392 g/mol. The molecule has 2 aromatic rings. The molecule has 1 fully saturated rings. The third-order valence-electron chi connectivity index (χ3n) is 6.15. The highest BCUT2D eigenvalue weighted by atomic mass is 35.5. The maximum Gasteiger partial charge on any atom is 0.317 e. The summed E-state index contributed by atoms with van der Waals surface area (Å²) in [6.07, 6.45) is 2.78. The van der Waals surface area contributed by atoms with Crippen molar-refractivity contribution in [2.24, 2.45) is 5.92 Å². The lowest BCUT2D eigenvalue weighted by atomic mass is 9.75. The Labute approximate surface area is 163 Å². The maximum absolute atomic E-state index is 12.3. The first-order valence-corrected chi connectivity index (χ1v) is 9.72. The Balaban J connectivity index is 1.51. The second kappa shape index (κ2) is 6.96. The average Bonchev–Trinajstić information content (AvgIpc) is 3.18. The first kappa shape index (κ1) is 18.5. The summed E-state index contributed by atoms with van der Waals surface area (Å²) in [6.45, 7) is 4.40. The van der Waals surface area contributed by atoms with Crippen molar-refractivity contribution in [1.82, 2.24) is 20.0 Å². The van der Waals surface area contributed by atoms with Crippen molar-refractivity contribution in [3.63, 3.8) is 0 Å². The van der Waals surface area contributed by atoms with E-state index in [1.807, 2.05) is 27.9 Å². The number of aliphatic hydroxyl groups excluding tert-OH is 1. The number of hydrogen-bond acceptors (Lipinski definition) is 4. The van der Waals surface area contributed by atoms with Crippen LogP contribution < -0.4 is 5.32 Å². The van der Waals surface area contributed by atoms with Crippen molar-refractivity contribution >= 4 is 28.5 Å². The Kier molecular flexibility index (Phi) is 4.78. The molecule has 146 valence electrons. The van der Waals surface area contributed by atoms with Gasteiger partial charge in [0, 0.05) is 42.7 Å². The van der Waals surface area contributed by atoms with Gasteiger partial charge in [-0.3, -0.25) is 4.68 Å². The summed E-state index contributed by atoms with van der Waals surface area (Å²) in [5, 5.41) is 20.2. The number of ether oxygens (including phenoxy) is 1. The number of rotatable bonds is 4. The summed E-state index contributed by atoms with van der Waals surface area (Å²) in [7, 11) is 1.61. The zero-order valence-electron chi connectivity index (χ0n) is 15.6. The van der Waals surface area contributed by atoms with E-state index in [4.69, 9.17) is 16.3 Å². The van der Waals surface area contributed by atoms with Gasteiger partial charge in [-0.25, -0.2) is 4.79 Å². The molecule has 1 aromatic heterocycles. The normalized spacial score (nSPS) is 25.3. The summed E-state index contributed by atoms with van der Waals surface area (Å²) in [6, 6.07) is 3.67. The van der Waals surface area contributed by atoms with Gasteiger partial charge in [0.2, 0.25) is 0 Å². The van der Waals surface area contributed by atoms with Crippen LogP contribution in [0.25, 0.3) is 10.9 Å². The highest BCUT2D eigenvalue weighted by Gasteiger charge is 2.50. The van der Waals surface area contributed by atoms with Crippen LogP contribution in [0.4, 0.5) is 4.79 Å². The molecule has 3 heterocycles. The van der Waals surface area contributed by atoms with Gasteiger partial charge in [-0.15, -0.1) is 0 Å². The topological polar surface area (TPSA) is 79.6 Å². The van der Waals surface area contributed by atoms with E-state index < -0.39 is 11.6 Å². The summed E-state index contributed by atoms with van der Waals surface area (Å²) in [5.74, 6) is 0.213. The van der Waals surface area contributed by atoms with Gasteiger partial charge in [-0.1, -0.05) is 11.6 Å². The third kappa shape index (κ3) is 2.88. The van der Waals surface area contributed by atoms with Gasteiger partial charge in [-0.2, -0.15) is 5.10 Å². The van der Waals surface area contributed by atoms with Crippen LogP contribution in [0.2, 0.25) is 5.02 Å². The van der Waals surface area contributed by atoms with Gasteiger partial charge >= 0.3 is 6.03 Å². The van der Waals surface area contributed by atoms with E-state index in [9.17, 15) is 9.90 Å². The molecule has 0 aliphatic carbocycles. The Morgan fingerprint density at radius 2 is 2.19 bits per heavy atom. The number of methoxy groups -OCH3 is 1. The maximum atomic E-state index is 12.3. The zero-order chi connectivity index (χ0) is 19.2. The van der Waals surface area contributed by atoms with Crippen molar-refractivity contribution in [2.45, 2.75) is 31.4 Å². The van der Waals surface area contributed by atoms with Crippen LogP contribution in [-0.4, -0.2) is 59.2 Å². The van der Waals surface area contributed by atoms with Gasteiger partial charge in [0.15, 0.2) is 0 Å². The molecule has 2 amide bonds. The number of hydrogen-bond donors (Lipinski definition) is 2.